The zero-order valence-electron chi connectivity index (χ0n) is 34.2. The van der Waals surface area contributed by atoms with Crippen molar-refractivity contribution in [2.45, 2.75) is 73.4 Å². The molecule has 16 nitrogen and oxygen atoms in total. The number of nitrogens with zero attached hydrogens (tertiary/aromatic N) is 5. The zero-order valence-corrected chi connectivity index (χ0v) is 36.5. The number of alkyl halides is 17. The fraction of sp³-hybridized carbons (Fsp3) is 0.818. The molecule has 0 aromatic rings. The summed E-state index contributed by atoms with van der Waals surface area (Å²) in [6, 6.07) is -1.28. The molecular weight excluding hydrogens is 1120 g/mol. The van der Waals surface area contributed by atoms with Gasteiger partial charge in [0.05, 0.1) is 43.5 Å². The van der Waals surface area contributed by atoms with Crippen molar-refractivity contribution in [1.29, 1.82) is 0 Å². The van der Waals surface area contributed by atoms with Gasteiger partial charge in [-0.05, 0) is 6.92 Å². The number of carboxylic acids is 3. The molecular formula is C33H40F17GdN6O10. The van der Waals surface area contributed by atoms with Crippen molar-refractivity contribution in [3.8, 4) is 0 Å². The number of amides is 2. The minimum absolute atomic E-state index is 0. The van der Waals surface area contributed by atoms with Crippen LogP contribution < -0.4 is 20.6 Å². The van der Waals surface area contributed by atoms with Crippen LogP contribution >= 0.6 is 0 Å². The first-order chi connectivity index (χ1) is 29.7. The molecule has 1 radical (unpaired) electrons. The van der Waals surface area contributed by atoms with Crippen molar-refractivity contribution in [3.63, 3.8) is 0 Å². The van der Waals surface area contributed by atoms with Crippen LogP contribution in [0, 0.1) is 39.9 Å². The summed E-state index contributed by atoms with van der Waals surface area (Å²) in [6.07, 6.45) is -13.0. The summed E-state index contributed by atoms with van der Waals surface area (Å²) in [4.78, 5) is 77.9. The van der Waals surface area contributed by atoms with E-state index in [0.717, 1.165) is 0 Å². The molecule has 34 heteroatoms. The number of hydrogen-bond acceptors (Lipinski definition) is 14. The van der Waals surface area contributed by atoms with E-state index in [0.29, 0.717) is 4.90 Å². The molecule has 1 unspecified atom stereocenters. The Bertz CT molecular complexity index is 1690. The van der Waals surface area contributed by atoms with Crippen LogP contribution in [0.15, 0.2) is 0 Å². The molecule has 0 aromatic heterocycles. The van der Waals surface area contributed by atoms with Gasteiger partial charge in [0.1, 0.15) is 5.78 Å². The van der Waals surface area contributed by atoms with Crippen LogP contribution in [0.2, 0.25) is 0 Å². The number of halogens is 17. The van der Waals surface area contributed by atoms with Crippen LogP contribution in [0.5, 0.6) is 0 Å². The predicted molar refractivity (Wildman–Crippen MR) is 177 cm³/mol. The molecule has 0 spiro atoms. The summed E-state index contributed by atoms with van der Waals surface area (Å²) in [5, 5.41) is 45.4. The van der Waals surface area contributed by atoms with E-state index in [1.165, 1.54) is 26.5 Å². The van der Waals surface area contributed by atoms with Gasteiger partial charge >= 0.3 is 87.6 Å². The van der Waals surface area contributed by atoms with E-state index in [2.05, 4.69) is 5.32 Å². The second-order valence-corrected chi connectivity index (χ2v) is 14.6. The number of rotatable bonds is 23. The van der Waals surface area contributed by atoms with E-state index in [1.54, 1.807) is 0 Å². The van der Waals surface area contributed by atoms with Crippen molar-refractivity contribution >= 4 is 35.5 Å². The molecule has 389 valence electrons. The molecule has 0 bridgehead atoms. The standard InChI is InChI=1S/C33H43F17N6O10.Gd/c1-19(55-10-8-53(17-23(62)63)6-4-52(16-22(60)61)5-7-54(9-11-55)18-24(64)65)25(66)51-15-21(59)56(12-13-57)3-2-20(58)14-26(34,35)27(36,37)28(38,39)29(40,41)30(42,43)31(44,45)32(46,47)33(48,49)50;/h19,57H,2-18H2,1H3,(H,51,66)(H,60,61)(H,62,63)(H,64,65);/q;+3/p-3. The number of carboxylic acid groups (broad SMARTS) is 3. The second-order valence-electron chi connectivity index (χ2n) is 14.6. The van der Waals surface area contributed by atoms with Gasteiger partial charge in [0, 0.05) is 91.5 Å². The number of aliphatic hydroxyl groups is 1. The van der Waals surface area contributed by atoms with E-state index < -0.39 is 148 Å². The monoisotopic (exact) mass is 1160 g/mol. The van der Waals surface area contributed by atoms with E-state index in [1.807, 2.05) is 0 Å². The average molecular weight is 1160 g/mol. The maximum absolute atomic E-state index is 14.4. The predicted octanol–water partition coefficient (Wildman–Crippen LogP) is -1.86. The summed E-state index contributed by atoms with van der Waals surface area (Å²) in [6.45, 7) is -5.92. The number of ketones is 1. The third-order valence-corrected chi connectivity index (χ3v) is 9.86. The minimum Gasteiger partial charge on any atom is -0.549 e. The number of aliphatic carboxylic acids is 3. The van der Waals surface area contributed by atoms with Crippen LogP contribution in [0.25, 0.3) is 0 Å². The Balaban J connectivity index is 0.0000436. The van der Waals surface area contributed by atoms with Gasteiger partial charge in [-0.3, -0.25) is 34.0 Å². The number of hydrogen-bond donors (Lipinski definition) is 2. The molecule has 0 saturated carbocycles. The molecule has 2 N–H and O–H groups in total. The molecule has 1 fully saturated rings. The fourth-order valence-corrected chi connectivity index (χ4v) is 5.94. The Morgan fingerprint density at radius 3 is 1.25 bits per heavy atom. The normalized spacial score (nSPS) is 17.4. The van der Waals surface area contributed by atoms with Gasteiger partial charge in [-0.1, -0.05) is 0 Å². The summed E-state index contributed by atoms with van der Waals surface area (Å²) in [5.74, 6) is -67.8. The van der Waals surface area contributed by atoms with E-state index in [4.69, 9.17) is 0 Å². The average Bonchev–Trinajstić information content (AvgIpc) is 3.16. The van der Waals surface area contributed by atoms with Crippen molar-refractivity contribution in [2.24, 2.45) is 0 Å². The molecule has 67 heavy (non-hydrogen) atoms. The van der Waals surface area contributed by atoms with E-state index in [-0.39, 0.29) is 92.3 Å². The van der Waals surface area contributed by atoms with Gasteiger partial charge in [-0.2, -0.15) is 74.6 Å². The van der Waals surface area contributed by atoms with Crippen LogP contribution in [-0.2, 0) is 28.8 Å². The van der Waals surface area contributed by atoms with Gasteiger partial charge in [0.25, 0.3) is 0 Å². The Morgan fingerprint density at radius 1 is 0.567 bits per heavy atom. The van der Waals surface area contributed by atoms with Gasteiger partial charge < -0.3 is 45.0 Å². The van der Waals surface area contributed by atoms with Gasteiger partial charge in [0.2, 0.25) is 11.8 Å². The summed E-state index contributed by atoms with van der Waals surface area (Å²) in [7, 11) is 0. The first-order valence-electron chi connectivity index (χ1n) is 18.7. The largest absolute Gasteiger partial charge is 3.00 e. The number of Topliss-reactive ketones (excluding diaryl/α,β-unsaturated/α-hetero) is 1. The Kier molecular flexibility index (Phi) is 23.6. The van der Waals surface area contributed by atoms with E-state index in [9.17, 15) is 124 Å². The van der Waals surface area contributed by atoms with Crippen molar-refractivity contribution in [2.75, 3.05) is 98.2 Å². The molecule has 0 aromatic carbocycles. The van der Waals surface area contributed by atoms with Crippen molar-refractivity contribution < 1.29 is 164 Å². The van der Waals surface area contributed by atoms with Gasteiger partial charge in [0.15, 0.2) is 0 Å². The second kappa shape index (κ2) is 24.7. The molecule has 2 amide bonds. The molecule has 0 aliphatic carbocycles. The smallest absolute Gasteiger partial charge is 0.549 e. The van der Waals surface area contributed by atoms with Crippen LogP contribution in [0.1, 0.15) is 19.8 Å². The number of nitrogens with one attached hydrogen (secondary N) is 1. The topological polar surface area (TPSA) is 220 Å². The summed E-state index contributed by atoms with van der Waals surface area (Å²) in [5.41, 5.74) is 0. The number of carbonyl (C=O) groups is 6. The van der Waals surface area contributed by atoms with Crippen LogP contribution in [-0.4, -0.2) is 217 Å². The molecule has 1 heterocycles. The Labute approximate surface area is 399 Å². The minimum atomic E-state index is -8.86. The quantitative estimate of drug-likeness (QED) is 0.107. The van der Waals surface area contributed by atoms with Crippen molar-refractivity contribution in [1.82, 2.24) is 29.8 Å². The van der Waals surface area contributed by atoms with Crippen molar-refractivity contribution in [3.05, 3.63) is 0 Å². The van der Waals surface area contributed by atoms with Gasteiger partial charge in [-0.15, -0.1) is 0 Å². The molecule has 1 atom stereocenters. The summed E-state index contributed by atoms with van der Waals surface area (Å²) >= 11 is 0. The summed E-state index contributed by atoms with van der Waals surface area (Å²) < 4.78 is 231. The molecule has 1 aliphatic heterocycles. The third kappa shape index (κ3) is 15.7. The molecule has 1 rings (SSSR count). The maximum atomic E-state index is 14.4. The van der Waals surface area contributed by atoms with Crippen LogP contribution in [0.3, 0.4) is 0 Å². The maximum Gasteiger partial charge on any atom is 3.00 e. The Morgan fingerprint density at radius 2 is 0.910 bits per heavy atom. The van der Waals surface area contributed by atoms with Gasteiger partial charge in [-0.25, -0.2) is 0 Å². The SMILES string of the molecule is CC(C(=O)NCC(=O)N(CCO)CCC(=O)CC(F)(F)C(F)(F)C(F)(F)C(F)(F)C(F)(F)C(F)(F)C(F)(F)C(F)(F)F)N1CCN(CC(=O)[O-])CCN(CC(=O)[O-])CCN(CC(=O)[O-])CC1.[Gd+3]. The van der Waals surface area contributed by atoms with Crippen LogP contribution in [0.4, 0.5) is 74.6 Å². The van der Waals surface area contributed by atoms with E-state index >= 15 is 0 Å². The fourth-order valence-electron chi connectivity index (χ4n) is 5.94. The first kappa shape index (κ1) is 64.0. The molecule has 1 saturated heterocycles. The number of carbonyl (C=O) groups excluding carboxylic acids is 6. The number of aliphatic hydroxyl groups excluding tert-OH is 1. The Hall–Kier alpha value is -3.05. The third-order valence-electron chi connectivity index (χ3n) is 9.86. The molecule has 1 aliphatic rings. The zero-order chi connectivity index (χ0) is 51.7. The first-order valence-corrected chi connectivity index (χ1v) is 18.7.